The normalized spacial score (nSPS) is 28.9. The molecule has 6 heteroatoms. The number of carbonyl (C=O) groups is 1. The molecule has 3 rings (SSSR count). The lowest BCUT2D eigenvalue weighted by Crippen LogP contribution is -2.53. The molecule has 6 nitrogen and oxygen atoms in total. The lowest BCUT2D eigenvalue weighted by atomic mass is 9.71. The van der Waals surface area contributed by atoms with Crippen molar-refractivity contribution in [2.75, 3.05) is 25.1 Å². The molecule has 0 aromatic carbocycles. The molecule has 0 radical (unpaired) electrons. The van der Waals surface area contributed by atoms with E-state index >= 15 is 0 Å². The van der Waals surface area contributed by atoms with E-state index in [0.717, 1.165) is 44.6 Å². The van der Waals surface area contributed by atoms with E-state index in [1.54, 1.807) is 12.3 Å². The quantitative estimate of drug-likeness (QED) is 0.830. The number of nitrogens with zero attached hydrogens (tertiary/aromatic N) is 3. The van der Waals surface area contributed by atoms with Crippen LogP contribution in [0.5, 0.6) is 0 Å². The van der Waals surface area contributed by atoms with Crippen LogP contribution in [0.1, 0.15) is 42.7 Å². The van der Waals surface area contributed by atoms with Gasteiger partial charge < -0.3 is 14.7 Å². The zero-order valence-corrected chi connectivity index (χ0v) is 12.3. The van der Waals surface area contributed by atoms with Crippen LogP contribution in [0.25, 0.3) is 0 Å². The fourth-order valence-corrected chi connectivity index (χ4v) is 3.49. The Morgan fingerprint density at radius 3 is 3.14 bits per heavy atom. The molecule has 0 amide bonds. The lowest BCUT2D eigenvalue weighted by Gasteiger charge is -2.47. The molecule has 2 fully saturated rings. The van der Waals surface area contributed by atoms with Crippen molar-refractivity contribution < 1.29 is 14.6 Å². The molecule has 1 saturated heterocycles. The van der Waals surface area contributed by atoms with Crippen LogP contribution in [-0.4, -0.2) is 46.8 Å². The average Bonchev–Trinajstić information content (AvgIpc) is 2.53. The van der Waals surface area contributed by atoms with Crippen molar-refractivity contribution in [1.29, 1.82) is 0 Å². The molecule has 1 N–H and O–H groups in total. The van der Waals surface area contributed by atoms with Crippen LogP contribution < -0.4 is 4.90 Å². The highest BCUT2D eigenvalue weighted by atomic mass is 16.5. The predicted octanol–water partition coefficient (Wildman–Crippen LogP) is 1.39. The van der Waals surface area contributed by atoms with E-state index in [1.807, 2.05) is 0 Å². The molecule has 1 aromatic heterocycles. The van der Waals surface area contributed by atoms with Crippen molar-refractivity contribution in [2.24, 2.45) is 5.92 Å². The molecule has 2 aliphatic rings. The van der Waals surface area contributed by atoms with Crippen molar-refractivity contribution in [3.05, 3.63) is 18.1 Å². The number of anilines is 1. The van der Waals surface area contributed by atoms with Crippen LogP contribution in [0.15, 0.2) is 12.3 Å². The zero-order valence-electron chi connectivity index (χ0n) is 12.3. The van der Waals surface area contributed by atoms with Gasteiger partial charge >= 0.3 is 5.97 Å². The van der Waals surface area contributed by atoms with Crippen molar-refractivity contribution in [3.63, 3.8) is 0 Å². The fourth-order valence-electron chi connectivity index (χ4n) is 3.49. The summed E-state index contributed by atoms with van der Waals surface area (Å²) in [6, 6.07) is 1.81. The van der Waals surface area contributed by atoms with E-state index in [0.29, 0.717) is 0 Å². The van der Waals surface area contributed by atoms with Crippen molar-refractivity contribution in [2.45, 2.75) is 37.7 Å². The maximum Gasteiger partial charge on any atom is 0.376 e. The molecular formula is C15H21N3O3. The molecule has 2 unspecified atom stereocenters. The third kappa shape index (κ3) is 2.72. The molecule has 2 atom stereocenters. The van der Waals surface area contributed by atoms with Crippen molar-refractivity contribution in [3.8, 4) is 0 Å². The third-order valence-corrected chi connectivity index (χ3v) is 4.76. The Hall–Kier alpha value is -1.69. The summed E-state index contributed by atoms with van der Waals surface area (Å²) in [6.07, 6.45) is 6.60. The van der Waals surface area contributed by atoms with Crippen molar-refractivity contribution in [1.82, 2.24) is 9.97 Å². The first-order valence-electron chi connectivity index (χ1n) is 7.51. The van der Waals surface area contributed by atoms with E-state index in [9.17, 15) is 9.90 Å². The van der Waals surface area contributed by atoms with Crippen LogP contribution in [0.4, 0.5) is 5.82 Å². The second kappa shape index (κ2) is 5.60. The van der Waals surface area contributed by atoms with Gasteiger partial charge in [-0.3, -0.25) is 0 Å². The molecule has 1 aromatic rings. The molecule has 1 saturated carbocycles. The number of piperidine rings is 1. The number of methoxy groups -OCH3 is 1. The summed E-state index contributed by atoms with van der Waals surface area (Å²) in [7, 11) is 1.32. The fraction of sp³-hybridized carbons (Fsp3) is 0.667. The minimum absolute atomic E-state index is 0.0829. The van der Waals surface area contributed by atoms with Gasteiger partial charge in [-0.1, -0.05) is 12.8 Å². The predicted molar refractivity (Wildman–Crippen MR) is 77.1 cm³/mol. The van der Waals surface area contributed by atoms with E-state index in [-0.39, 0.29) is 11.7 Å². The number of fused-ring (bicyclic) bond motifs is 1. The van der Waals surface area contributed by atoms with Crippen LogP contribution in [0.3, 0.4) is 0 Å². The summed E-state index contributed by atoms with van der Waals surface area (Å²) in [5.74, 6) is 0.581. The Morgan fingerprint density at radius 2 is 2.33 bits per heavy atom. The molecule has 21 heavy (non-hydrogen) atoms. The number of aromatic nitrogens is 2. The standard InChI is InChI=1S/C15H21N3O3/c1-21-14(19)13-16-8-5-12(17-13)18-9-7-15(20)6-3-2-4-11(15)10-18/h5,8,11,20H,2-4,6-7,9-10H2,1H3. The Balaban J connectivity index is 1.77. The highest BCUT2D eigenvalue weighted by Gasteiger charge is 2.43. The van der Waals surface area contributed by atoms with Gasteiger partial charge in [0.25, 0.3) is 0 Å². The molecule has 0 bridgehead atoms. The smallest absolute Gasteiger partial charge is 0.376 e. The summed E-state index contributed by atoms with van der Waals surface area (Å²) >= 11 is 0. The van der Waals surface area contributed by atoms with Gasteiger partial charge in [-0.15, -0.1) is 0 Å². The number of ether oxygens (including phenoxy) is 1. The highest BCUT2D eigenvalue weighted by molar-refractivity contribution is 5.85. The largest absolute Gasteiger partial charge is 0.463 e. The monoisotopic (exact) mass is 291 g/mol. The first-order valence-corrected chi connectivity index (χ1v) is 7.51. The van der Waals surface area contributed by atoms with Gasteiger partial charge in [-0.05, 0) is 25.3 Å². The van der Waals surface area contributed by atoms with Crippen LogP contribution in [0, 0.1) is 5.92 Å². The summed E-state index contributed by atoms with van der Waals surface area (Å²) in [5, 5.41) is 10.7. The molecule has 0 spiro atoms. The van der Waals surface area contributed by atoms with Gasteiger partial charge in [-0.2, -0.15) is 0 Å². The Kier molecular flexibility index (Phi) is 3.80. The van der Waals surface area contributed by atoms with Crippen LogP contribution in [0.2, 0.25) is 0 Å². The summed E-state index contributed by atoms with van der Waals surface area (Å²) in [6.45, 7) is 1.54. The molecule has 114 valence electrons. The maximum absolute atomic E-state index is 11.5. The Morgan fingerprint density at radius 1 is 1.48 bits per heavy atom. The number of esters is 1. The molecule has 2 heterocycles. The number of rotatable bonds is 2. The maximum atomic E-state index is 11.5. The number of aliphatic hydroxyl groups is 1. The average molecular weight is 291 g/mol. The second-order valence-corrected chi connectivity index (χ2v) is 5.97. The highest BCUT2D eigenvalue weighted by Crippen LogP contribution is 2.40. The van der Waals surface area contributed by atoms with Crippen LogP contribution in [-0.2, 0) is 4.74 Å². The SMILES string of the molecule is COC(=O)c1nccc(N2CCC3(O)CCCCC3C2)n1. The van der Waals surface area contributed by atoms with Gasteiger partial charge in [0.05, 0.1) is 12.7 Å². The summed E-state index contributed by atoms with van der Waals surface area (Å²) in [4.78, 5) is 21.9. The second-order valence-electron chi connectivity index (χ2n) is 5.97. The minimum Gasteiger partial charge on any atom is -0.463 e. The minimum atomic E-state index is -0.525. The zero-order chi connectivity index (χ0) is 14.9. The number of carbonyl (C=O) groups excluding carboxylic acids is 1. The molecule has 1 aliphatic carbocycles. The molecule has 1 aliphatic heterocycles. The van der Waals surface area contributed by atoms with E-state index < -0.39 is 11.6 Å². The first-order chi connectivity index (χ1) is 10.1. The van der Waals surface area contributed by atoms with Crippen LogP contribution >= 0.6 is 0 Å². The third-order valence-electron chi connectivity index (χ3n) is 4.76. The topological polar surface area (TPSA) is 75.5 Å². The van der Waals surface area contributed by atoms with Gasteiger partial charge in [0.1, 0.15) is 5.82 Å². The number of hydrogen-bond acceptors (Lipinski definition) is 6. The molecular weight excluding hydrogens is 270 g/mol. The van der Waals surface area contributed by atoms with Crippen molar-refractivity contribution >= 4 is 11.8 Å². The van der Waals surface area contributed by atoms with Gasteiger partial charge in [0, 0.05) is 25.2 Å². The Bertz CT molecular complexity index is 537. The van der Waals surface area contributed by atoms with E-state index in [2.05, 4.69) is 19.6 Å². The summed E-state index contributed by atoms with van der Waals surface area (Å²) in [5.41, 5.74) is -0.507. The number of hydrogen-bond donors (Lipinski definition) is 1. The lowest BCUT2D eigenvalue weighted by molar-refractivity contribution is -0.0613. The van der Waals surface area contributed by atoms with Gasteiger partial charge in [-0.25, -0.2) is 14.8 Å². The van der Waals surface area contributed by atoms with Gasteiger partial charge in [0.2, 0.25) is 5.82 Å². The van der Waals surface area contributed by atoms with E-state index in [1.165, 1.54) is 13.5 Å². The first kappa shape index (κ1) is 14.3. The Labute approximate surface area is 124 Å². The van der Waals surface area contributed by atoms with Gasteiger partial charge in [0.15, 0.2) is 0 Å². The summed E-state index contributed by atoms with van der Waals surface area (Å²) < 4.78 is 4.66. The van der Waals surface area contributed by atoms with E-state index in [4.69, 9.17) is 0 Å².